The Bertz CT molecular complexity index is 19.1. The zero-order chi connectivity index (χ0) is 4.50. The Labute approximate surface area is 33.2 Å². The van der Waals surface area contributed by atoms with E-state index in [-0.39, 0.29) is 0 Å². The SMILES string of the molecule is [CH2]C([CH2+])(C)[NH]. The number of hydrogen-bond donors (Lipinski definition) is 0. The molecular weight excluding hydrogens is 62.1 g/mol. The number of rotatable bonds is 0. The molecule has 0 atom stereocenters. The van der Waals surface area contributed by atoms with Crippen molar-refractivity contribution in [1.29, 1.82) is 0 Å². The molecule has 0 unspecified atom stereocenters. The lowest BCUT2D eigenvalue weighted by molar-refractivity contribution is 0.698. The van der Waals surface area contributed by atoms with Crippen LogP contribution >= 0.6 is 0 Å². The van der Waals surface area contributed by atoms with Crippen LogP contribution in [0.25, 0.3) is 0 Å². The Morgan fingerprint density at radius 3 is 2.00 bits per heavy atom. The van der Waals surface area contributed by atoms with Crippen molar-refractivity contribution in [2.75, 3.05) is 0 Å². The van der Waals surface area contributed by atoms with Gasteiger partial charge in [-0.05, 0) is 6.92 Å². The van der Waals surface area contributed by atoms with Gasteiger partial charge in [-0.3, -0.25) is 0 Å². The van der Waals surface area contributed by atoms with Gasteiger partial charge in [0.1, 0.15) is 0 Å². The molecule has 0 heterocycles. The van der Waals surface area contributed by atoms with Gasteiger partial charge in [0.05, 0.1) is 6.92 Å². The summed E-state index contributed by atoms with van der Waals surface area (Å²) in [7, 11) is 0. The van der Waals surface area contributed by atoms with Crippen molar-refractivity contribution in [1.82, 2.24) is 5.73 Å². The van der Waals surface area contributed by atoms with Crippen LogP contribution < -0.4 is 5.73 Å². The van der Waals surface area contributed by atoms with Gasteiger partial charge >= 0.3 is 0 Å². The first-order valence-electron chi connectivity index (χ1n) is 1.46. The highest BCUT2D eigenvalue weighted by atomic mass is 14.7. The van der Waals surface area contributed by atoms with Gasteiger partial charge in [-0.25, -0.2) is 5.73 Å². The average molecular weight is 70.1 g/mol. The molecule has 0 aliphatic rings. The van der Waals surface area contributed by atoms with Crippen molar-refractivity contribution in [3.63, 3.8) is 0 Å². The van der Waals surface area contributed by atoms with Crippen LogP contribution in [0, 0.1) is 13.8 Å². The molecular formula is C4H8N+. The van der Waals surface area contributed by atoms with Gasteiger partial charge in [0.25, 0.3) is 0 Å². The van der Waals surface area contributed by atoms with Gasteiger partial charge in [-0.2, -0.15) is 0 Å². The Morgan fingerprint density at radius 2 is 2.00 bits per heavy atom. The van der Waals surface area contributed by atoms with E-state index in [1.807, 2.05) is 0 Å². The minimum absolute atomic E-state index is 0.750. The monoisotopic (exact) mass is 70.1 g/mol. The number of hydrogen-bond acceptors (Lipinski definition) is 0. The Kier molecular flexibility index (Phi) is 0.872. The van der Waals surface area contributed by atoms with Crippen LogP contribution in [0.15, 0.2) is 0 Å². The van der Waals surface area contributed by atoms with E-state index < -0.39 is 5.54 Å². The molecule has 5 heavy (non-hydrogen) atoms. The predicted molar refractivity (Wildman–Crippen MR) is 22.2 cm³/mol. The lowest BCUT2D eigenvalue weighted by Crippen LogP contribution is -2.14. The summed E-state index contributed by atoms with van der Waals surface area (Å²) in [6.07, 6.45) is 0. The molecule has 0 bridgehead atoms. The Morgan fingerprint density at radius 1 is 2.00 bits per heavy atom. The van der Waals surface area contributed by atoms with Gasteiger partial charge in [-0.1, -0.05) is 0 Å². The highest BCUT2D eigenvalue weighted by molar-refractivity contribution is 4.81. The average Bonchev–Trinajstić information content (AvgIpc) is 0.722. The normalized spacial score (nSPS) is 11.8. The fraction of sp³-hybridized carbons (Fsp3) is 0.500. The zero-order valence-corrected chi connectivity index (χ0v) is 3.41. The Hall–Kier alpha value is -0.170. The van der Waals surface area contributed by atoms with Crippen LogP contribution in [0.5, 0.6) is 0 Å². The van der Waals surface area contributed by atoms with E-state index >= 15 is 0 Å². The molecule has 1 N–H and O–H groups in total. The summed E-state index contributed by atoms with van der Waals surface area (Å²) in [5.74, 6) is 0. The fourth-order valence-corrected chi connectivity index (χ4v) is 0. The maximum atomic E-state index is 6.72. The summed E-state index contributed by atoms with van der Waals surface area (Å²) in [6.45, 7) is 8.28. The lowest BCUT2D eigenvalue weighted by Gasteiger charge is -1.94. The molecule has 0 fully saturated rings. The summed E-state index contributed by atoms with van der Waals surface area (Å²) in [4.78, 5) is 0. The van der Waals surface area contributed by atoms with Crippen molar-refractivity contribution in [3.8, 4) is 0 Å². The van der Waals surface area contributed by atoms with Crippen LogP contribution in [0.2, 0.25) is 0 Å². The molecule has 0 aromatic carbocycles. The van der Waals surface area contributed by atoms with Crippen LogP contribution in [0.4, 0.5) is 0 Å². The third-order valence-electron chi connectivity index (χ3n) is 0. The molecule has 0 spiro atoms. The van der Waals surface area contributed by atoms with E-state index in [0.717, 1.165) is 0 Å². The standard InChI is InChI=1S/C4H8N/c1-4(2,3)5/h5H,1-2H2,3H3/q+1. The first-order chi connectivity index (χ1) is 2.00. The van der Waals surface area contributed by atoms with Crippen LogP contribution in [0.1, 0.15) is 6.92 Å². The summed E-state index contributed by atoms with van der Waals surface area (Å²) in [6, 6.07) is 0. The van der Waals surface area contributed by atoms with Gasteiger partial charge in [0.15, 0.2) is 5.54 Å². The summed E-state index contributed by atoms with van der Waals surface area (Å²) < 4.78 is 0. The maximum Gasteiger partial charge on any atom is 0.166 e. The van der Waals surface area contributed by atoms with Gasteiger partial charge in [-0.15, -0.1) is 0 Å². The van der Waals surface area contributed by atoms with E-state index in [1.165, 1.54) is 0 Å². The molecule has 0 aliphatic carbocycles. The molecule has 0 aliphatic heterocycles. The van der Waals surface area contributed by atoms with E-state index in [9.17, 15) is 0 Å². The lowest BCUT2D eigenvalue weighted by atomic mass is 10.1. The van der Waals surface area contributed by atoms with Gasteiger partial charge in [0, 0.05) is 6.92 Å². The van der Waals surface area contributed by atoms with E-state index in [0.29, 0.717) is 0 Å². The second-order valence-corrected chi connectivity index (χ2v) is 1.56. The molecule has 0 aromatic rings. The van der Waals surface area contributed by atoms with Crippen molar-refractivity contribution in [2.24, 2.45) is 0 Å². The second kappa shape index (κ2) is 0.902. The number of nitrogens with one attached hydrogen (secondary N) is 1. The second-order valence-electron chi connectivity index (χ2n) is 1.56. The minimum atomic E-state index is -0.750. The molecule has 1 nitrogen and oxygen atoms in total. The van der Waals surface area contributed by atoms with Crippen LogP contribution in [0.3, 0.4) is 0 Å². The summed E-state index contributed by atoms with van der Waals surface area (Å²) in [5, 5.41) is 0. The van der Waals surface area contributed by atoms with Crippen LogP contribution in [-0.4, -0.2) is 5.54 Å². The smallest absolute Gasteiger partial charge is 0.166 e. The van der Waals surface area contributed by atoms with E-state index in [2.05, 4.69) is 13.8 Å². The minimum Gasteiger partial charge on any atom is -0.208 e. The fourth-order valence-electron chi connectivity index (χ4n) is 0. The quantitative estimate of drug-likeness (QED) is 0.374. The molecule has 0 rings (SSSR count). The van der Waals surface area contributed by atoms with E-state index in [4.69, 9.17) is 5.73 Å². The van der Waals surface area contributed by atoms with E-state index in [1.54, 1.807) is 6.92 Å². The predicted octanol–water partition coefficient (Wildman–Crippen LogP) is 0.696. The largest absolute Gasteiger partial charge is 0.208 e. The zero-order valence-electron chi connectivity index (χ0n) is 3.41. The van der Waals surface area contributed by atoms with Crippen molar-refractivity contribution < 1.29 is 0 Å². The maximum absolute atomic E-state index is 6.72. The van der Waals surface area contributed by atoms with Gasteiger partial charge in [0.2, 0.25) is 0 Å². The highest BCUT2D eigenvalue weighted by Gasteiger charge is 2.08. The first-order valence-corrected chi connectivity index (χ1v) is 1.46. The summed E-state index contributed by atoms with van der Waals surface area (Å²) in [5.41, 5.74) is 5.97. The van der Waals surface area contributed by atoms with Crippen molar-refractivity contribution in [3.05, 3.63) is 13.8 Å². The molecule has 0 aromatic heterocycles. The van der Waals surface area contributed by atoms with Gasteiger partial charge < -0.3 is 0 Å². The van der Waals surface area contributed by atoms with Crippen LogP contribution in [-0.2, 0) is 0 Å². The topological polar surface area (TPSA) is 23.8 Å². The molecule has 2 radical (unpaired) electrons. The third-order valence-corrected chi connectivity index (χ3v) is 0. The highest BCUT2D eigenvalue weighted by Crippen LogP contribution is 1.89. The summed E-state index contributed by atoms with van der Waals surface area (Å²) >= 11 is 0. The molecule has 0 saturated heterocycles. The molecule has 1 heteroatoms. The Balaban J connectivity index is 3.02. The van der Waals surface area contributed by atoms with Crippen molar-refractivity contribution in [2.45, 2.75) is 12.5 Å². The van der Waals surface area contributed by atoms with Crippen molar-refractivity contribution >= 4 is 0 Å². The third kappa shape index (κ3) is 444. The molecule has 28 valence electrons. The molecule has 0 saturated carbocycles. The first kappa shape index (κ1) is 4.83. The molecule has 0 amide bonds.